The van der Waals surface area contributed by atoms with Gasteiger partial charge in [-0.25, -0.2) is 9.18 Å². The quantitative estimate of drug-likeness (QED) is 0.627. The fraction of sp³-hybridized carbons (Fsp3) is 0.294. The number of rotatable bonds is 5. The van der Waals surface area contributed by atoms with Crippen molar-refractivity contribution >= 4 is 16.9 Å². The minimum atomic E-state index is -0.739. The number of hydrogen-bond acceptors (Lipinski definition) is 4. The summed E-state index contributed by atoms with van der Waals surface area (Å²) in [4.78, 5) is 24.4. The zero-order valence-electron chi connectivity index (χ0n) is 12.9. The first-order valence-corrected chi connectivity index (χ1v) is 7.13. The third-order valence-electron chi connectivity index (χ3n) is 3.25. The van der Waals surface area contributed by atoms with E-state index in [1.54, 1.807) is 11.5 Å². The molecule has 0 aliphatic heterocycles. The lowest BCUT2D eigenvalue weighted by Gasteiger charge is -2.15. The number of nitrogens with zero attached hydrogens (tertiary/aromatic N) is 1. The average Bonchev–Trinajstić information content (AvgIpc) is 2.53. The highest BCUT2D eigenvalue weighted by Gasteiger charge is 2.19. The van der Waals surface area contributed by atoms with Crippen LogP contribution in [0.1, 0.15) is 24.2 Å². The Bertz CT molecular complexity index is 848. The molecule has 0 aliphatic carbocycles. The van der Waals surface area contributed by atoms with Gasteiger partial charge in [-0.3, -0.25) is 4.79 Å². The third-order valence-corrected chi connectivity index (χ3v) is 3.25. The van der Waals surface area contributed by atoms with Crippen molar-refractivity contribution in [2.75, 3.05) is 13.2 Å². The lowest BCUT2D eigenvalue weighted by molar-refractivity contribution is 0.0524. The van der Waals surface area contributed by atoms with Gasteiger partial charge in [-0.05, 0) is 19.9 Å². The number of esters is 1. The molecule has 0 unspecified atom stereocenters. The normalized spacial score (nSPS) is 10.3. The number of benzene rings is 1. The van der Waals surface area contributed by atoms with E-state index in [0.717, 1.165) is 12.1 Å². The monoisotopic (exact) mass is 317 g/mol. The average molecular weight is 317 g/mol. The maximum absolute atomic E-state index is 13.8. The van der Waals surface area contributed by atoms with E-state index >= 15 is 0 Å². The maximum atomic E-state index is 13.8. The van der Waals surface area contributed by atoms with Crippen LogP contribution in [0.25, 0.3) is 10.9 Å². The highest BCUT2D eigenvalue weighted by molar-refractivity contribution is 5.95. The molecule has 0 amide bonds. The van der Waals surface area contributed by atoms with Gasteiger partial charge in [0.25, 0.3) is 0 Å². The molecule has 0 radical (unpaired) electrons. The van der Waals surface area contributed by atoms with Crippen LogP contribution >= 0.6 is 0 Å². The predicted octanol–water partition coefficient (Wildman–Crippen LogP) is 2.35. The van der Waals surface area contributed by atoms with E-state index < -0.39 is 17.2 Å². The number of terminal acetylenes is 1. The summed E-state index contributed by atoms with van der Waals surface area (Å²) in [6.45, 7) is 4.00. The van der Waals surface area contributed by atoms with E-state index in [4.69, 9.17) is 15.9 Å². The molecule has 0 atom stereocenters. The molecule has 0 N–H and O–H groups in total. The Balaban J connectivity index is 2.80. The van der Waals surface area contributed by atoms with Crippen molar-refractivity contribution in [3.8, 4) is 18.1 Å². The molecular formula is C17H16FNO4. The standard InChI is InChI=1S/C17H16FNO4/c1-4-7-23-14-9-11(18)8-12-15(14)19(5-2)10-13(16(12)20)17(21)22-6-3/h1,8-10H,5-7H2,2-3H3. The van der Waals surface area contributed by atoms with Crippen LogP contribution in [0.3, 0.4) is 0 Å². The number of ether oxygens (including phenoxy) is 2. The van der Waals surface area contributed by atoms with Gasteiger partial charge in [-0.15, -0.1) is 6.42 Å². The number of halogens is 1. The Morgan fingerprint density at radius 2 is 2.13 bits per heavy atom. The summed E-state index contributed by atoms with van der Waals surface area (Å²) < 4.78 is 25.7. The summed E-state index contributed by atoms with van der Waals surface area (Å²) in [5.41, 5.74) is -0.356. The predicted molar refractivity (Wildman–Crippen MR) is 84.1 cm³/mol. The minimum Gasteiger partial charge on any atom is -0.479 e. The van der Waals surface area contributed by atoms with Crippen molar-refractivity contribution < 1.29 is 18.7 Å². The molecule has 1 heterocycles. The number of fused-ring (bicyclic) bond motifs is 1. The second-order valence-electron chi connectivity index (χ2n) is 4.67. The molecule has 0 aliphatic rings. The van der Waals surface area contributed by atoms with E-state index in [9.17, 15) is 14.0 Å². The summed E-state index contributed by atoms with van der Waals surface area (Å²) in [6.07, 6.45) is 6.55. The molecular weight excluding hydrogens is 301 g/mol. The second-order valence-corrected chi connectivity index (χ2v) is 4.67. The van der Waals surface area contributed by atoms with Gasteiger partial charge in [0.15, 0.2) is 0 Å². The highest BCUT2D eigenvalue weighted by atomic mass is 19.1. The van der Waals surface area contributed by atoms with Gasteiger partial charge in [-0.2, -0.15) is 0 Å². The van der Waals surface area contributed by atoms with Crippen molar-refractivity contribution in [1.29, 1.82) is 0 Å². The zero-order chi connectivity index (χ0) is 17.0. The molecule has 23 heavy (non-hydrogen) atoms. The third kappa shape index (κ3) is 3.19. The lowest BCUT2D eigenvalue weighted by Crippen LogP contribution is -2.21. The highest BCUT2D eigenvalue weighted by Crippen LogP contribution is 2.26. The van der Waals surface area contributed by atoms with Gasteiger partial charge in [0.05, 0.1) is 17.5 Å². The number of aryl methyl sites for hydroxylation is 1. The van der Waals surface area contributed by atoms with Crippen LogP contribution in [-0.4, -0.2) is 23.8 Å². The zero-order valence-corrected chi connectivity index (χ0v) is 12.9. The Labute approximate surface area is 132 Å². The van der Waals surface area contributed by atoms with E-state index in [-0.39, 0.29) is 29.9 Å². The molecule has 0 spiro atoms. The summed E-state index contributed by atoms with van der Waals surface area (Å²) in [5, 5.41) is 0.0458. The molecule has 0 bridgehead atoms. The molecule has 0 fully saturated rings. The molecule has 1 aromatic heterocycles. The summed E-state index contributed by atoms with van der Waals surface area (Å²) >= 11 is 0. The SMILES string of the molecule is C#CCOc1cc(F)cc2c(=O)c(C(=O)OCC)cn(CC)c12. The first kappa shape index (κ1) is 16.6. The Morgan fingerprint density at radius 1 is 1.39 bits per heavy atom. The number of hydrogen-bond donors (Lipinski definition) is 0. The summed E-state index contributed by atoms with van der Waals surface area (Å²) in [7, 11) is 0. The van der Waals surface area contributed by atoms with Crippen LogP contribution in [0.15, 0.2) is 23.1 Å². The molecule has 2 aromatic rings. The van der Waals surface area contributed by atoms with Gasteiger partial charge in [0.1, 0.15) is 23.7 Å². The molecule has 0 saturated carbocycles. The fourth-order valence-corrected chi connectivity index (χ4v) is 2.30. The van der Waals surface area contributed by atoms with Gasteiger partial charge >= 0.3 is 5.97 Å². The maximum Gasteiger partial charge on any atom is 0.343 e. The van der Waals surface area contributed by atoms with Crippen LogP contribution in [-0.2, 0) is 11.3 Å². The molecule has 6 heteroatoms. The number of carbonyl (C=O) groups is 1. The van der Waals surface area contributed by atoms with E-state index in [1.165, 1.54) is 6.20 Å². The fourth-order valence-electron chi connectivity index (χ4n) is 2.30. The van der Waals surface area contributed by atoms with Gasteiger partial charge < -0.3 is 14.0 Å². The van der Waals surface area contributed by atoms with E-state index in [1.807, 2.05) is 6.92 Å². The molecule has 1 aromatic carbocycles. The number of pyridine rings is 1. The van der Waals surface area contributed by atoms with Crippen LogP contribution in [0.4, 0.5) is 4.39 Å². The smallest absolute Gasteiger partial charge is 0.343 e. The Morgan fingerprint density at radius 3 is 2.74 bits per heavy atom. The molecule has 0 saturated heterocycles. The van der Waals surface area contributed by atoms with Crippen LogP contribution in [0.2, 0.25) is 0 Å². The lowest BCUT2D eigenvalue weighted by atomic mass is 10.1. The summed E-state index contributed by atoms with van der Waals surface area (Å²) in [6, 6.07) is 2.24. The summed E-state index contributed by atoms with van der Waals surface area (Å²) in [5.74, 6) is 1.07. The van der Waals surface area contributed by atoms with Gasteiger partial charge in [-0.1, -0.05) is 5.92 Å². The van der Waals surface area contributed by atoms with Crippen LogP contribution in [0.5, 0.6) is 5.75 Å². The molecule has 120 valence electrons. The van der Waals surface area contributed by atoms with Crippen molar-refractivity contribution in [2.45, 2.75) is 20.4 Å². The van der Waals surface area contributed by atoms with Crippen molar-refractivity contribution in [3.05, 3.63) is 39.9 Å². The minimum absolute atomic E-state index is 0.0458. The van der Waals surface area contributed by atoms with Gasteiger partial charge in [0, 0.05) is 18.8 Å². The van der Waals surface area contributed by atoms with Gasteiger partial charge in [0.2, 0.25) is 5.43 Å². The Hall–Kier alpha value is -2.81. The molecule has 5 nitrogen and oxygen atoms in total. The van der Waals surface area contributed by atoms with E-state index in [0.29, 0.717) is 12.1 Å². The number of aromatic nitrogens is 1. The number of carbonyl (C=O) groups excluding carboxylic acids is 1. The topological polar surface area (TPSA) is 57.5 Å². The Kier molecular flexibility index (Phi) is 5.02. The van der Waals surface area contributed by atoms with Crippen molar-refractivity contribution in [2.24, 2.45) is 0 Å². The van der Waals surface area contributed by atoms with Crippen molar-refractivity contribution in [3.63, 3.8) is 0 Å². The second kappa shape index (κ2) is 6.97. The first-order chi connectivity index (χ1) is 11.0. The largest absolute Gasteiger partial charge is 0.479 e. The van der Waals surface area contributed by atoms with E-state index in [2.05, 4.69) is 5.92 Å². The molecule has 2 rings (SSSR count). The van der Waals surface area contributed by atoms with Crippen molar-refractivity contribution in [1.82, 2.24) is 4.57 Å². The van der Waals surface area contributed by atoms with Crippen LogP contribution < -0.4 is 10.2 Å². The van der Waals surface area contributed by atoms with Crippen LogP contribution in [0, 0.1) is 18.2 Å². The first-order valence-electron chi connectivity index (χ1n) is 7.13.